The molecular formula is C13H16BF3N2O3. The van der Waals surface area contributed by atoms with E-state index in [1.165, 1.54) is 6.20 Å². The molecule has 1 saturated heterocycles. The van der Waals surface area contributed by atoms with Gasteiger partial charge in [-0.3, -0.25) is 4.79 Å². The highest BCUT2D eigenvalue weighted by atomic mass is 19.4. The van der Waals surface area contributed by atoms with E-state index in [1.807, 2.05) is 0 Å². The van der Waals surface area contributed by atoms with Gasteiger partial charge in [-0.25, -0.2) is 4.98 Å². The predicted molar refractivity (Wildman–Crippen MR) is 74.8 cm³/mol. The van der Waals surface area contributed by atoms with Gasteiger partial charge in [0.15, 0.2) is 0 Å². The third kappa shape index (κ3) is 2.82. The van der Waals surface area contributed by atoms with E-state index in [0.717, 1.165) is 6.07 Å². The van der Waals surface area contributed by atoms with E-state index in [9.17, 15) is 18.0 Å². The first kappa shape index (κ1) is 16.8. The van der Waals surface area contributed by atoms with Gasteiger partial charge in [0.25, 0.3) is 5.78 Å². The molecule has 22 heavy (non-hydrogen) atoms. The van der Waals surface area contributed by atoms with Crippen LogP contribution in [0, 0.1) is 0 Å². The molecule has 2 heterocycles. The second-order valence-electron chi connectivity index (χ2n) is 6.12. The fourth-order valence-electron chi connectivity index (χ4n) is 1.93. The van der Waals surface area contributed by atoms with Gasteiger partial charge in [0.2, 0.25) is 0 Å². The van der Waals surface area contributed by atoms with Crippen molar-refractivity contribution in [2.45, 2.75) is 45.1 Å². The number of anilines is 1. The van der Waals surface area contributed by atoms with Crippen molar-refractivity contribution in [1.82, 2.24) is 4.98 Å². The molecular weight excluding hydrogens is 300 g/mol. The van der Waals surface area contributed by atoms with E-state index < -0.39 is 41.7 Å². The number of ketones is 1. The number of nitrogens with zero attached hydrogens (tertiary/aromatic N) is 1. The van der Waals surface area contributed by atoms with E-state index in [2.05, 4.69) is 4.98 Å². The first-order valence-electron chi connectivity index (χ1n) is 6.58. The van der Waals surface area contributed by atoms with Crippen LogP contribution < -0.4 is 11.2 Å². The van der Waals surface area contributed by atoms with Crippen molar-refractivity contribution < 1.29 is 27.3 Å². The number of rotatable bonds is 2. The molecule has 0 aromatic carbocycles. The summed E-state index contributed by atoms with van der Waals surface area (Å²) in [6, 6.07) is 1.01. The SMILES string of the molecule is CC1(C)OB(c2cnc(N)c(C(=O)C(F)(F)F)c2)OC1(C)C. The van der Waals surface area contributed by atoms with E-state index in [0.29, 0.717) is 0 Å². The normalized spacial score (nSPS) is 20.2. The number of Topliss-reactive ketones (excluding diaryl/α,β-unsaturated/α-hetero) is 1. The molecule has 0 bridgehead atoms. The second kappa shape index (κ2) is 4.95. The number of aromatic nitrogens is 1. The molecule has 0 spiro atoms. The molecule has 2 rings (SSSR count). The Morgan fingerprint density at radius 3 is 2.18 bits per heavy atom. The monoisotopic (exact) mass is 316 g/mol. The Kier molecular flexibility index (Phi) is 3.77. The summed E-state index contributed by atoms with van der Waals surface area (Å²) in [5.74, 6) is -2.53. The average Bonchev–Trinajstić information content (AvgIpc) is 2.57. The van der Waals surface area contributed by atoms with E-state index in [4.69, 9.17) is 15.0 Å². The lowest BCUT2D eigenvalue weighted by Crippen LogP contribution is -2.41. The number of halogens is 3. The summed E-state index contributed by atoms with van der Waals surface area (Å²) in [5, 5.41) is 0. The van der Waals surface area contributed by atoms with Crippen molar-refractivity contribution >= 4 is 24.2 Å². The molecule has 1 aromatic heterocycles. The fraction of sp³-hybridized carbons (Fsp3) is 0.538. The largest absolute Gasteiger partial charge is 0.496 e. The highest BCUT2D eigenvalue weighted by Crippen LogP contribution is 2.36. The van der Waals surface area contributed by atoms with Crippen molar-refractivity contribution in [3.63, 3.8) is 0 Å². The number of nitrogens with two attached hydrogens (primary N) is 1. The third-order valence-corrected chi connectivity index (χ3v) is 3.97. The van der Waals surface area contributed by atoms with Gasteiger partial charge in [-0.05, 0) is 33.8 Å². The van der Waals surface area contributed by atoms with Gasteiger partial charge in [-0.15, -0.1) is 0 Å². The third-order valence-electron chi connectivity index (χ3n) is 3.97. The van der Waals surface area contributed by atoms with Gasteiger partial charge in [-0.1, -0.05) is 0 Å². The first-order chi connectivity index (χ1) is 9.85. The molecule has 5 nitrogen and oxygen atoms in total. The molecule has 1 aliphatic heterocycles. The minimum atomic E-state index is -5.02. The van der Waals surface area contributed by atoms with Crippen molar-refractivity contribution in [2.24, 2.45) is 0 Å². The highest BCUT2D eigenvalue weighted by Gasteiger charge is 2.52. The van der Waals surface area contributed by atoms with Crippen LogP contribution in [-0.4, -0.2) is 35.3 Å². The van der Waals surface area contributed by atoms with Crippen molar-refractivity contribution in [2.75, 3.05) is 5.73 Å². The number of alkyl halides is 3. The van der Waals surface area contributed by atoms with Crippen LogP contribution in [0.15, 0.2) is 12.3 Å². The lowest BCUT2D eigenvalue weighted by Gasteiger charge is -2.32. The molecule has 1 aromatic rings. The standard InChI is InChI=1S/C13H16BF3N2O3/c1-11(2)12(3,4)22-14(21-11)7-5-8(10(18)19-6-7)9(20)13(15,16)17/h5-6H,1-4H3,(H2,18,19). The van der Waals surface area contributed by atoms with Gasteiger partial charge in [0, 0.05) is 11.7 Å². The minimum Gasteiger partial charge on any atom is -0.399 e. The highest BCUT2D eigenvalue weighted by molar-refractivity contribution is 6.62. The summed E-state index contributed by atoms with van der Waals surface area (Å²) in [4.78, 5) is 15.0. The Labute approximate surface area is 126 Å². The van der Waals surface area contributed by atoms with Crippen molar-refractivity contribution in [1.29, 1.82) is 0 Å². The van der Waals surface area contributed by atoms with Crippen LogP contribution in [0.4, 0.5) is 19.0 Å². The molecule has 0 atom stereocenters. The maximum Gasteiger partial charge on any atom is 0.496 e. The fourth-order valence-corrected chi connectivity index (χ4v) is 1.93. The number of hydrogen-bond donors (Lipinski definition) is 1. The Bertz CT molecular complexity index is 601. The Morgan fingerprint density at radius 2 is 1.73 bits per heavy atom. The number of carbonyl (C=O) groups excluding carboxylic acids is 1. The Morgan fingerprint density at radius 1 is 1.23 bits per heavy atom. The predicted octanol–water partition coefficient (Wildman–Crippen LogP) is 1.71. The maximum absolute atomic E-state index is 12.6. The smallest absolute Gasteiger partial charge is 0.399 e. The molecule has 2 N–H and O–H groups in total. The van der Waals surface area contributed by atoms with Crippen LogP contribution in [0.25, 0.3) is 0 Å². The summed E-state index contributed by atoms with van der Waals surface area (Å²) >= 11 is 0. The number of nitrogen functional groups attached to an aromatic ring is 1. The van der Waals surface area contributed by atoms with Gasteiger partial charge in [0.05, 0.1) is 16.8 Å². The maximum atomic E-state index is 12.6. The zero-order chi connectivity index (χ0) is 16.9. The quantitative estimate of drug-likeness (QED) is 0.664. The molecule has 1 fully saturated rings. The first-order valence-corrected chi connectivity index (χ1v) is 6.58. The van der Waals surface area contributed by atoms with Crippen molar-refractivity contribution in [3.8, 4) is 0 Å². The van der Waals surface area contributed by atoms with Crippen LogP contribution in [0.1, 0.15) is 38.1 Å². The minimum absolute atomic E-state index is 0.209. The molecule has 1 aliphatic rings. The van der Waals surface area contributed by atoms with Gasteiger partial charge >= 0.3 is 13.3 Å². The van der Waals surface area contributed by atoms with Crippen molar-refractivity contribution in [3.05, 3.63) is 17.8 Å². The van der Waals surface area contributed by atoms with Crippen LogP contribution in [0.2, 0.25) is 0 Å². The molecule has 0 radical (unpaired) electrons. The van der Waals surface area contributed by atoms with E-state index in [1.54, 1.807) is 27.7 Å². The van der Waals surface area contributed by atoms with Gasteiger partial charge in [-0.2, -0.15) is 13.2 Å². The molecule has 0 amide bonds. The molecule has 9 heteroatoms. The molecule has 0 saturated carbocycles. The van der Waals surface area contributed by atoms with E-state index >= 15 is 0 Å². The molecule has 0 unspecified atom stereocenters. The van der Waals surface area contributed by atoms with Crippen LogP contribution in [-0.2, 0) is 9.31 Å². The van der Waals surface area contributed by atoms with Gasteiger partial charge < -0.3 is 15.0 Å². The summed E-state index contributed by atoms with van der Waals surface area (Å²) in [6.07, 6.45) is -3.78. The zero-order valence-corrected chi connectivity index (χ0v) is 12.6. The summed E-state index contributed by atoms with van der Waals surface area (Å²) in [5.41, 5.74) is 3.56. The summed E-state index contributed by atoms with van der Waals surface area (Å²) in [6.45, 7) is 7.22. The van der Waals surface area contributed by atoms with Crippen LogP contribution >= 0.6 is 0 Å². The Balaban J connectivity index is 2.38. The number of carbonyl (C=O) groups is 1. The number of pyridine rings is 1. The zero-order valence-electron chi connectivity index (χ0n) is 12.6. The number of hydrogen-bond acceptors (Lipinski definition) is 5. The second-order valence-corrected chi connectivity index (χ2v) is 6.12. The summed E-state index contributed by atoms with van der Waals surface area (Å²) < 4.78 is 49.2. The lowest BCUT2D eigenvalue weighted by atomic mass is 9.79. The molecule has 0 aliphatic carbocycles. The molecule has 120 valence electrons. The Hall–Kier alpha value is -1.61. The van der Waals surface area contributed by atoms with Gasteiger partial charge in [0.1, 0.15) is 5.82 Å². The topological polar surface area (TPSA) is 74.4 Å². The van der Waals surface area contributed by atoms with Crippen LogP contribution in [0.5, 0.6) is 0 Å². The van der Waals surface area contributed by atoms with E-state index in [-0.39, 0.29) is 5.46 Å². The lowest BCUT2D eigenvalue weighted by molar-refractivity contribution is -0.0884. The van der Waals surface area contributed by atoms with Crippen LogP contribution in [0.3, 0.4) is 0 Å². The summed E-state index contributed by atoms with van der Waals surface area (Å²) in [7, 11) is -0.919. The average molecular weight is 316 g/mol.